The third kappa shape index (κ3) is 4.21. The van der Waals surface area contributed by atoms with E-state index in [0.29, 0.717) is 0 Å². The van der Waals surface area contributed by atoms with Crippen LogP contribution < -0.4 is 5.32 Å². The number of amides is 1. The molecule has 1 aromatic carbocycles. The molecule has 1 fully saturated rings. The van der Waals surface area contributed by atoms with Crippen LogP contribution in [0.2, 0.25) is 0 Å². The van der Waals surface area contributed by atoms with E-state index in [2.05, 4.69) is 15.6 Å². The van der Waals surface area contributed by atoms with Gasteiger partial charge in [-0.3, -0.25) is 4.79 Å². The van der Waals surface area contributed by atoms with Gasteiger partial charge in [-0.1, -0.05) is 22.9 Å². The van der Waals surface area contributed by atoms with E-state index in [1.54, 1.807) is 25.5 Å². The first-order valence-electron chi connectivity index (χ1n) is 9.13. The molecule has 0 aliphatic heterocycles. The average molecular weight is 391 g/mol. The smallest absolute Gasteiger partial charge is 0.273 e. The van der Waals surface area contributed by atoms with Gasteiger partial charge in [0.25, 0.3) is 5.91 Å². The van der Waals surface area contributed by atoms with Crippen LogP contribution in [0.1, 0.15) is 61.3 Å². The van der Waals surface area contributed by atoms with Crippen molar-refractivity contribution in [1.29, 1.82) is 0 Å². The Morgan fingerprint density at radius 3 is 2.41 bits per heavy atom. The van der Waals surface area contributed by atoms with E-state index in [9.17, 15) is 13.2 Å². The Labute approximate surface area is 160 Å². The predicted molar refractivity (Wildman–Crippen MR) is 104 cm³/mol. The Hall–Kier alpha value is -2.22. The number of benzene rings is 1. The third-order valence-corrected chi connectivity index (χ3v) is 7.36. The molecule has 1 aliphatic carbocycles. The van der Waals surface area contributed by atoms with Crippen LogP contribution >= 0.6 is 0 Å². The Morgan fingerprint density at radius 2 is 1.85 bits per heavy atom. The number of aryl methyl sites for hydroxylation is 1. The van der Waals surface area contributed by atoms with Crippen molar-refractivity contribution in [3.8, 4) is 5.69 Å². The van der Waals surface area contributed by atoms with Crippen LogP contribution in [0.3, 0.4) is 0 Å². The minimum absolute atomic E-state index is 0.0555. The lowest BCUT2D eigenvalue weighted by Gasteiger charge is -2.19. The normalized spacial score (nSPS) is 15.0. The standard InChI is InChI=1S/C19H26N4O3S/c1-13-5-9-15(10-6-13)23-17(14-7-8-14)16(21-22-23)18(24)20-11-12-27(25,26)19(2,3)4/h5-6,9-10,14H,7-8,11-12H2,1-4H3,(H,20,24). The summed E-state index contributed by atoms with van der Waals surface area (Å²) < 4.78 is 25.3. The van der Waals surface area contributed by atoms with Crippen molar-refractivity contribution >= 4 is 15.7 Å². The summed E-state index contributed by atoms with van der Waals surface area (Å²) in [5, 5.41) is 11.0. The number of carbonyl (C=O) groups excluding carboxylic acids is 1. The van der Waals surface area contributed by atoms with E-state index >= 15 is 0 Å². The molecule has 0 radical (unpaired) electrons. The van der Waals surface area contributed by atoms with Gasteiger partial charge in [-0.2, -0.15) is 0 Å². The molecule has 8 heteroatoms. The fourth-order valence-corrected chi connectivity index (χ4v) is 3.72. The highest BCUT2D eigenvalue weighted by atomic mass is 32.2. The molecule has 1 heterocycles. The Bertz CT molecular complexity index is 936. The van der Waals surface area contributed by atoms with Crippen LogP contribution in [0.5, 0.6) is 0 Å². The number of rotatable bonds is 6. The van der Waals surface area contributed by atoms with E-state index in [1.165, 1.54) is 0 Å². The Balaban J connectivity index is 1.77. The molecule has 1 aliphatic rings. The highest BCUT2D eigenvalue weighted by Crippen LogP contribution is 2.41. The molecule has 0 bridgehead atoms. The fraction of sp³-hybridized carbons (Fsp3) is 0.526. The topological polar surface area (TPSA) is 93.9 Å². The summed E-state index contributed by atoms with van der Waals surface area (Å²) in [6, 6.07) is 7.89. The SMILES string of the molecule is Cc1ccc(-n2nnc(C(=O)NCCS(=O)(=O)C(C)(C)C)c2C2CC2)cc1. The predicted octanol–water partition coefficient (Wildman–Crippen LogP) is 2.40. The maximum atomic E-state index is 12.6. The number of sulfone groups is 1. The maximum Gasteiger partial charge on any atom is 0.273 e. The molecular formula is C19H26N4O3S. The zero-order valence-electron chi connectivity index (χ0n) is 16.2. The fourth-order valence-electron chi connectivity index (χ4n) is 2.74. The van der Waals surface area contributed by atoms with Gasteiger partial charge in [0.1, 0.15) is 0 Å². The molecule has 1 aromatic heterocycles. The molecule has 146 valence electrons. The minimum atomic E-state index is -3.29. The van der Waals surface area contributed by atoms with Crippen molar-refractivity contribution < 1.29 is 13.2 Å². The van der Waals surface area contributed by atoms with E-state index in [-0.39, 0.29) is 29.8 Å². The van der Waals surface area contributed by atoms with Crippen molar-refractivity contribution in [3.05, 3.63) is 41.2 Å². The quantitative estimate of drug-likeness (QED) is 0.817. The third-order valence-electron chi connectivity index (χ3n) is 4.75. The van der Waals surface area contributed by atoms with Crippen LogP contribution in [0.4, 0.5) is 0 Å². The van der Waals surface area contributed by atoms with E-state index in [0.717, 1.165) is 29.8 Å². The highest BCUT2D eigenvalue weighted by molar-refractivity contribution is 7.92. The molecule has 0 atom stereocenters. The van der Waals surface area contributed by atoms with Gasteiger partial charge in [0.2, 0.25) is 0 Å². The summed E-state index contributed by atoms with van der Waals surface area (Å²) in [5.74, 6) is -0.215. The second-order valence-corrected chi connectivity index (χ2v) is 10.9. The number of hydrogen-bond donors (Lipinski definition) is 1. The lowest BCUT2D eigenvalue weighted by molar-refractivity contribution is 0.0950. The average Bonchev–Trinajstić information content (AvgIpc) is 3.32. The minimum Gasteiger partial charge on any atom is -0.350 e. The van der Waals surface area contributed by atoms with Gasteiger partial charge < -0.3 is 5.32 Å². The molecule has 0 saturated heterocycles. The van der Waals surface area contributed by atoms with Crippen LogP contribution in [0.25, 0.3) is 5.69 Å². The van der Waals surface area contributed by atoms with Crippen molar-refractivity contribution in [3.63, 3.8) is 0 Å². The molecule has 7 nitrogen and oxygen atoms in total. The van der Waals surface area contributed by atoms with Crippen molar-refractivity contribution in [1.82, 2.24) is 20.3 Å². The zero-order chi connectivity index (χ0) is 19.8. The molecule has 0 spiro atoms. The number of carbonyl (C=O) groups is 1. The Morgan fingerprint density at radius 1 is 1.22 bits per heavy atom. The Kier molecular flexibility index (Phi) is 5.12. The van der Waals surface area contributed by atoms with Crippen molar-refractivity contribution in [2.24, 2.45) is 0 Å². The van der Waals surface area contributed by atoms with Crippen LogP contribution in [-0.2, 0) is 9.84 Å². The summed E-state index contributed by atoms with van der Waals surface area (Å²) in [7, 11) is -3.29. The van der Waals surface area contributed by atoms with Gasteiger partial charge in [-0.05, 0) is 52.7 Å². The van der Waals surface area contributed by atoms with E-state index < -0.39 is 14.6 Å². The zero-order valence-corrected chi connectivity index (χ0v) is 17.0. The molecule has 1 saturated carbocycles. The summed E-state index contributed by atoms with van der Waals surface area (Å²) in [4.78, 5) is 12.6. The number of nitrogens with one attached hydrogen (secondary N) is 1. The first-order chi connectivity index (χ1) is 12.6. The summed E-state index contributed by atoms with van der Waals surface area (Å²) in [6.45, 7) is 7.03. The number of nitrogens with zero attached hydrogens (tertiary/aromatic N) is 3. The second kappa shape index (κ2) is 7.07. The maximum absolute atomic E-state index is 12.6. The molecule has 0 unspecified atom stereocenters. The second-order valence-electron chi connectivity index (χ2n) is 8.03. The van der Waals surface area contributed by atoms with Gasteiger partial charge in [0, 0.05) is 12.5 Å². The van der Waals surface area contributed by atoms with Gasteiger partial charge in [-0.25, -0.2) is 13.1 Å². The monoisotopic (exact) mass is 390 g/mol. The largest absolute Gasteiger partial charge is 0.350 e. The highest BCUT2D eigenvalue weighted by Gasteiger charge is 2.34. The lowest BCUT2D eigenvalue weighted by atomic mass is 10.2. The molecule has 27 heavy (non-hydrogen) atoms. The number of aromatic nitrogens is 3. The summed E-state index contributed by atoms with van der Waals surface area (Å²) in [6.07, 6.45) is 2.00. The summed E-state index contributed by atoms with van der Waals surface area (Å²) in [5.41, 5.74) is 3.09. The van der Waals surface area contributed by atoms with Crippen LogP contribution in [0.15, 0.2) is 24.3 Å². The van der Waals surface area contributed by atoms with Crippen molar-refractivity contribution in [2.75, 3.05) is 12.3 Å². The number of hydrogen-bond acceptors (Lipinski definition) is 5. The molecular weight excluding hydrogens is 364 g/mol. The molecule has 1 amide bonds. The molecule has 3 rings (SSSR count). The van der Waals surface area contributed by atoms with Gasteiger partial charge in [0.05, 0.1) is 21.9 Å². The first-order valence-corrected chi connectivity index (χ1v) is 10.8. The van der Waals surface area contributed by atoms with Gasteiger partial charge >= 0.3 is 0 Å². The molecule has 1 N–H and O–H groups in total. The van der Waals surface area contributed by atoms with Crippen molar-refractivity contribution in [2.45, 2.75) is 51.2 Å². The van der Waals surface area contributed by atoms with Crippen LogP contribution in [0, 0.1) is 6.92 Å². The molecule has 2 aromatic rings. The van der Waals surface area contributed by atoms with E-state index in [1.807, 2.05) is 31.2 Å². The van der Waals surface area contributed by atoms with E-state index in [4.69, 9.17) is 0 Å². The first kappa shape index (κ1) is 19.5. The van der Waals surface area contributed by atoms with Crippen LogP contribution in [-0.4, -0.2) is 46.4 Å². The van der Waals surface area contributed by atoms with Gasteiger partial charge in [0.15, 0.2) is 15.5 Å². The van der Waals surface area contributed by atoms with Gasteiger partial charge in [-0.15, -0.1) is 5.10 Å². The summed E-state index contributed by atoms with van der Waals surface area (Å²) >= 11 is 0. The lowest BCUT2D eigenvalue weighted by Crippen LogP contribution is -2.36.